The van der Waals surface area contributed by atoms with Gasteiger partial charge in [-0.3, -0.25) is 15.0 Å². The van der Waals surface area contributed by atoms with Crippen LogP contribution >= 0.6 is 0 Å². The monoisotopic (exact) mass is 272 g/mol. The van der Waals surface area contributed by atoms with Crippen molar-refractivity contribution >= 4 is 11.8 Å². The normalized spacial score (nSPS) is 18.2. The van der Waals surface area contributed by atoms with Crippen LogP contribution in [0.5, 0.6) is 0 Å². The Morgan fingerprint density at radius 2 is 2.40 bits per heavy atom. The van der Waals surface area contributed by atoms with Gasteiger partial charge in [-0.1, -0.05) is 11.3 Å². The molecule has 0 spiro atoms. The molecule has 0 aromatic carbocycles. The van der Waals surface area contributed by atoms with Crippen LogP contribution in [0.15, 0.2) is 30.7 Å². The highest BCUT2D eigenvalue weighted by molar-refractivity contribution is 5.88. The van der Waals surface area contributed by atoms with Crippen LogP contribution in [0.3, 0.4) is 0 Å². The summed E-state index contributed by atoms with van der Waals surface area (Å²) in [5.41, 5.74) is 1.07. The van der Waals surface area contributed by atoms with Crippen LogP contribution < -0.4 is 5.32 Å². The van der Waals surface area contributed by atoms with E-state index in [0.29, 0.717) is 5.82 Å². The lowest BCUT2D eigenvalue weighted by molar-refractivity contribution is 0.207. The van der Waals surface area contributed by atoms with Gasteiger partial charge in [0.25, 0.3) is 0 Å². The van der Waals surface area contributed by atoms with Crippen molar-refractivity contribution in [3.63, 3.8) is 0 Å². The van der Waals surface area contributed by atoms with E-state index in [1.165, 1.54) is 0 Å². The predicted molar refractivity (Wildman–Crippen MR) is 72.9 cm³/mol. The standard InChI is InChI=1S/C13H16N6O/c1-18-9-12(16-17-18)15-13(20)19-7-3-5-11(19)10-4-2-6-14-8-10/h2,4,6,8-9,11H,3,5,7H2,1H3,(H,15,20). The Balaban J connectivity index is 1.73. The molecule has 1 saturated heterocycles. The van der Waals surface area contributed by atoms with E-state index >= 15 is 0 Å². The molecule has 2 aromatic rings. The Hall–Kier alpha value is -2.44. The minimum atomic E-state index is -0.142. The van der Waals surface area contributed by atoms with Gasteiger partial charge in [-0.15, -0.1) is 5.10 Å². The molecule has 7 heteroatoms. The van der Waals surface area contributed by atoms with Crippen LogP contribution in [-0.2, 0) is 7.05 Å². The van der Waals surface area contributed by atoms with Crippen molar-refractivity contribution in [2.75, 3.05) is 11.9 Å². The Morgan fingerprint density at radius 3 is 3.10 bits per heavy atom. The quantitative estimate of drug-likeness (QED) is 0.900. The number of pyridine rings is 1. The number of hydrogen-bond acceptors (Lipinski definition) is 4. The largest absolute Gasteiger partial charge is 0.323 e. The van der Waals surface area contributed by atoms with Crippen molar-refractivity contribution in [1.29, 1.82) is 0 Å². The number of rotatable bonds is 2. The van der Waals surface area contributed by atoms with E-state index in [1.54, 1.807) is 24.1 Å². The zero-order valence-electron chi connectivity index (χ0n) is 11.2. The molecule has 0 aliphatic carbocycles. The van der Waals surface area contributed by atoms with Gasteiger partial charge in [0.1, 0.15) is 0 Å². The number of aromatic nitrogens is 4. The van der Waals surface area contributed by atoms with Crippen LogP contribution in [0, 0.1) is 0 Å². The summed E-state index contributed by atoms with van der Waals surface area (Å²) >= 11 is 0. The zero-order chi connectivity index (χ0) is 13.9. The van der Waals surface area contributed by atoms with Gasteiger partial charge in [-0.05, 0) is 24.5 Å². The Bertz CT molecular complexity index is 596. The second kappa shape index (κ2) is 5.28. The minimum absolute atomic E-state index is 0.0837. The third-order valence-corrected chi connectivity index (χ3v) is 3.42. The summed E-state index contributed by atoms with van der Waals surface area (Å²) in [7, 11) is 1.76. The number of likely N-dealkylation sites (tertiary alicyclic amines) is 1. The maximum Gasteiger partial charge on any atom is 0.323 e. The molecule has 3 rings (SSSR count). The van der Waals surface area contributed by atoms with Crippen molar-refractivity contribution in [2.45, 2.75) is 18.9 Å². The number of carbonyl (C=O) groups is 1. The van der Waals surface area contributed by atoms with Gasteiger partial charge in [0.05, 0.1) is 12.2 Å². The van der Waals surface area contributed by atoms with E-state index in [0.717, 1.165) is 24.9 Å². The van der Waals surface area contributed by atoms with Crippen LogP contribution in [0.25, 0.3) is 0 Å². The van der Waals surface area contributed by atoms with Gasteiger partial charge in [-0.25, -0.2) is 4.79 Å². The van der Waals surface area contributed by atoms with E-state index in [-0.39, 0.29) is 12.1 Å². The van der Waals surface area contributed by atoms with Crippen molar-refractivity contribution in [1.82, 2.24) is 24.9 Å². The lowest BCUT2D eigenvalue weighted by atomic mass is 10.1. The summed E-state index contributed by atoms with van der Waals surface area (Å²) < 4.78 is 1.55. The van der Waals surface area contributed by atoms with Gasteiger partial charge in [0, 0.05) is 26.0 Å². The maximum atomic E-state index is 12.3. The molecule has 0 saturated carbocycles. The summed E-state index contributed by atoms with van der Waals surface area (Å²) in [6.07, 6.45) is 7.18. The van der Waals surface area contributed by atoms with Crippen LogP contribution in [0.1, 0.15) is 24.4 Å². The van der Waals surface area contributed by atoms with Crippen LogP contribution in [0.2, 0.25) is 0 Å². The van der Waals surface area contributed by atoms with Gasteiger partial charge < -0.3 is 4.90 Å². The fourth-order valence-corrected chi connectivity index (χ4v) is 2.52. The van der Waals surface area contributed by atoms with Crippen molar-refractivity contribution in [2.24, 2.45) is 7.05 Å². The first-order valence-corrected chi connectivity index (χ1v) is 6.58. The smallest absolute Gasteiger partial charge is 0.317 e. The molecule has 1 fully saturated rings. The number of carbonyl (C=O) groups excluding carboxylic acids is 1. The Morgan fingerprint density at radius 1 is 1.50 bits per heavy atom. The molecule has 0 radical (unpaired) electrons. The average molecular weight is 272 g/mol. The zero-order valence-corrected chi connectivity index (χ0v) is 11.2. The fraction of sp³-hybridized carbons (Fsp3) is 0.385. The second-order valence-electron chi connectivity index (χ2n) is 4.85. The minimum Gasteiger partial charge on any atom is -0.317 e. The Kier molecular flexibility index (Phi) is 3.32. The molecular weight excluding hydrogens is 256 g/mol. The van der Waals surface area contributed by atoms with Gasteiger partial charge in [0.2, 0.25) is 0 Å². The predicted octanol–water partition coefficient (Wildman–Crippen LogP) is 1.58. The number of hydrogen-bond donors (Lipinski definition) is 1. The number of aryl methyl sites for hydroxylation is 1. The van der Waals surface area contributed by atoms with E-state index in [2.05, 4.69) is 20.6 Å². The molecule has 3 heterocycles. The third kappa shape index (κ3) is 2.47. The Labute approximate surface area is 116 Å². The molecule has 2 aromatic heterocycles. The molecule has 2 amide bonds. The van der Waals surface area contributed by atoms with E-state index < -0.39 is 0 Å². The first-order valence-electron chi connectivity index (χ1n) is 6.58. The number of nitrogens with zero attached hydrogens (tertiary/aromatic N) is 5. The van der Waals surface area contributed by atoms with Crippen molar-refractivity contribution in [3.8, 4) is 0 Å². The summed E-state index contributed by atoms with van der Waals surface area (Å²) in [6.45, 7) is 0.742. The lowest BCUT2D eigenvalue weighted by Crippen LogP contribution is -2.34. The molecule has 7 nitrogen and oxygen atoms in total. The molecule has 1 aliphatic heterocycles. The van der Waals surface area contributed by atoms with E-state index in [4.69, 9.17) is 0 Å². The number of nitrogens with one attached hydrogen (secondary N) is 1. The van der Waals surface area contributed by atoms with Gasteiger partial charge in [-0.2, -0.15) is 0 Å². The molecule has 0 bridgehead atoms. The first-order chi connectivity index (χ1) is 9.74. The van der Waals surface area contributed by atoms with E-state index in [1.807, 2.05) is 23.2 Å². The summed E-state index contributed by atoms with van der Waals surface area (Å²) in [6, 6.07) is 3.84. The summed E-state index contributed by atoms with van der Waals surface area (Å²) in [4.78, 5) is 18.3. The number of amides is 2. The molecule has 1 unspecified atom stereocenters. The molecule has 1 N–H and O–H groups in total. The summed E-state index contributed by atoms with van der Waals surface area (Å²) in [5, 5.41) is 10.4. The van der Waals surface area contributed by atoms with Crippen molar-refractivity contribution in [3.05, 3.63) is 36.3 Å². The van der Waals surface area contributed by atoms with Crippen molar-refractivity contribution < 1.29 is 4.79 Å². The SMILES string of the molecule is Cn1cc(NC(=O)N2CCCC2c2cccnc2)nn1. The lowest BCUT2D eigenvalue weighted by Gasteiger charge is -2.24. The third-order valence-electron chi connectivity index (χ3n) is 3.42. The molecule has 1 atom stereocenters. The average Bonchev–Trinajstić information content (AvgIpc) is 3.09. The number of anilines is 1. The highest BCUT2D eigenvalue weighted by atomic mass is 16.2. The highest BCUT2D eigenvalue weighted by Gasteiger charge is 2.30. The highest BCUT2D eigenvalue weighted by Crippen LogP contribution is 2.31. The summed E-state index contributed by atoms with van der Waals surface area (Å²) in [5.74, 6) is 0.467. The second-order valence-corrected chi connectivity index (χ2v) is 4.85. The topological polar surface area (TPSA) is 75.9 Å². The van der Waals surface area contributed by atoms with Crippen LogP contribution in [0.4, 0.5) is 10.6 Å². The van der Waals surface area contributed by atoms with E-state index in [9.17, 15) is 4.79 Å². The van der Waals surface area contributed by atoms with Gasteiger partial charge >= 0.3 is 6.03 Å². The molecular formula is C13H16N6O. The molecule has 1 aliphatic rings. The fourth-order valence-electron chi connectivity index (χ4n) is 2.52. The molecule has 20 heavy (non-hydrogen) atoms. The van der Waals surface area contributed by atoms with Gasteiger partial charge in [0.15, 0.2) is 5.82 Å². The number of urea groups is 1. The molecule has 104 valence electrons. The first kappa shape index (κ1) is 12.6. The van der Waals surface area contributed by atoms with Crippen LogP contribution in [-0.4, -0.2) is 37.5 Å². The maximum absolute atomic E-state index is 12.3.